The van der Waals surface area contributed by atoms with E-state index in [1.807, 2.05) is 0 Å². The SMILES string of the molecule is CC(NC(=O)C(=O)N1CCN(CCN)CC1)C1CC2CCC1C2. The van der Waals surface area contributed by atoms with E-state index in [0.29, 0.717) is 25.6 Å². The fourth-order valence-electron chi connectivity index (χ4n) is 4.78. The van der Waals surface area contributed by atoms with Crippen LogP contribution >= 0.6 is 0 Å². The lowest BCUT2D eigenvalue weighted by atomic mass is 9.84. The van der Waals surface area contributed by atoms with Crippen molar-refractivity contribution in [1.82, 2.24) is 15.1 Å². The van der Waals surface area contributed by atoms with E-state index in [1.54, 1.807) is 4.90 Å². The van der Waals surface area contributed by atoms with Crippen molar-refractivity contribution < 1.29 is 9.59 Å². The topological polar surface area (TPSA) is 78.7 Å². The van der Waals surface area contributed by atoms with Crippen LogP contribution in [0.5, 0.6) is 0 Å². The van der Waals surface area contributed by atoms with Crippen LogP contribution in [0.2, 0.25) is 0 Å². The molecule has 2 aliphatic carbocycles. The number of nitrogens with zero attached hydrogens (tertiary/aromatic N) is 2. The maximum atomic E-state index is 12.3. The second-order valence-corrected chi connectivity index (χ2v) is 7.52. The van der Waals surface area contributed by atoms with Crippen molar-refractivity contribution in [2.45, 2.75) is 38.6 Å². The number of hydrogen-bond donors (Lipinski definition) is 2. The standard InChI is InChI=1S/C17H30N4O2/c1-12(15-11-13-2-3-14(15)10-13)19-16(22)17(23)21-8-6-20(5-4-18)7-9-21/h12-15H,2-11,18H2,1H3,(H,19,22). The molecule has 3 rings (SSSR count). The molecule has 6 nitrogen and oxygen atoms in total. The molecule has 1 heterocycles. The highest BCUT2D eigenvalue weighted by Gasteiger charge is 2.42. The third kappa shape index (κ3) is 3.69. The number of amides is 2. The van der Waals surface area contributed by atoms with E-state index in [9.17, 15) is 9.59 Å². The van der Waals surface area contributed by atoms with Gasteiger partial charge in [0.25, 0.3) is 0 Å². The first-order valence-electron chi connectivity index (χ1n) is 9.10. The third-order valence-electron chi connectivity index (χ3n) is 6.09. The normalized spacial score (nSPS) is 32.1. The fourth-order valence-corrected chi connectivity index (χ4v) is 4.78. The van der Waals surface area contributed by atoms with Gasteiger partial charge in [-0.05, 0) is 43.9 Å². The molecule has 0 aromatic rings. The summed E-state index contributed by atoms with van der Waals surface area (Å²) in [6, 6.07) is 0.111. The molecule has 0 spiro atoms. The first kappa shape index (κ1) is 16.7. The molecule has 3 aliphatic rings. The maximum Gasteiger partial charge on any atom is 0.311 e. The second kappa shape index (κ2) is 7.18. The molecule has 130 valence electrons. The molecular weight excluding hydrogens is 292 g/mol. The average Bonchev–Trinajstić information content (AvgIpc) is 3.18. The molecule has 1 aliphatic heterocycles. The zero-order chi connectivity index (χ0) is 16.4. The van der Waals surface area contributed by atoms with Gasteiger partial charge < -0.3 is 16.0 Å². The minimum atomic E-state index is -0.424. The Bertz CT molecular complexity index is 448. The largest absolute Gasteiger partial charge is 0.345 e. The minimum Gasteiger partial charge on any atom is -0.345 e. The molecular formula is C17H30N4O2. The molecule has 3 N–H and O–H groups in total. The van der Waals surface area contributed by atoms with Crippen molar-refractivity contribution in [3.63, 3.8) is 0 Å². The molecule has 0 aromatic heterocycles. The number of rotatable bonds is 4. The van der Waals surface area contributed by atoms with Crippen LogP contribution in [-0.4, -0.2) is 66.9 Å². The van der Waals surface area contributed by atoms with E-state index < -0.39 is 5.91 Å². The Morgan fingerprint density at radius 3 is 2.48 bits per heavy atom. The van der Waals surface area contributed by atoms with E-state index in [1.165, 1.54) is 25.7 Å². The summed E-state index contributed by atoms with van der Waals surface area (Å²) < 4.78 is 0. The first-order valence-corrected chi connectivity index (χ1v) is 9.10. The van der Waals surface area contributed by atoms with Gasteiger partial charge in [0.2, 0.25) is 0 Å². The predicted octanol–water partition coefficient (Wildman–Crippen LogP) is 0.0302. The summed E-state index contributed by atoms with van der Waals surface area (Å²) in [6.45, 7) is 6.40. The van der Waals surface area contributed by atoms with E-state index in [0.717, 1.165) is 31.5 Å². The molecule has 0 aromatic carbocycles. The molecule has 3 fully saturated rings. The summed E-state index contributed by atoms with van der Waals surface area (Å²) in [5.41, 5.74) is 5.56. The van der Waals surface area contributed by atoms with Gasteiger partial charge in [0, 0.05) is 45.3 Å². The monoisotopic (exact) mass is 322 g/mol. The molecule has 4 unspecified atom stereocenters. The molecule has 6 heteroatoms. The van der Waals surface area contributed by atoms with E-state index in [-0.39, 0.29) is 11.9 Å². The summed E-state index contributed by atoms with van der Waals surface area (Å²) in [5, 5.41) is 2.98. The van der Waals surface area contributed by atoms with Crippen LogP contribution in [0.25, 0.3) is 0 Å². The Labute approximate surface area is 138 Å². The van der Waals surface area contributed by atoms with Crippen molar-refractivity contribution >= 4 is 11.8 Å². The van der Waals surface area contributed by atoms with Gasteiger partial charge >= 0.3 is 11.8 Å². The molecule has 4 atom stereocenters. The van der Waals surface area contributed by atoms with Gasteiger partial charge in [-0.3, -0.25) is 14.5 Å². The molecule has 0 radical (unpaired) electrons. The van der Waals surface area contributed by atoms with Gasteiger partial charge in [-0.15, -0.1) is 0 Å². The minimum absolute atomic E-state index is 0.111. The van der Waals surface area contributed by atoms with E-state index in [4.69, 9.17) is 5.73 Å². The van der Waals surface area contributed by atoms with Crippen molar-refractivity contribution in [2.24, 2.45) is 23.5 Å². The molecule has 2 saturated carbocycles. The van der Waals surface area contributed by atoms with Gasteiger partial charge in [0.05, 0.1) is 0 Å². The zero-order valence-corrected chi connectivity index (χ0v) is 14.2. The number of fused-ring (bicyclic) bond motifs is 2. The molecule has 23 heavy (non-hydrogen) atoms. The van der Waals surface area contributed by atoms with Crippen molar-refractivity contribution in [2.75, 3.05) is 39.3 Å². The van der Waals surface area contributed by atoms with E-state index >= 15 is 0 Å². The van der Waals surface area contributed by atoms with Gasteiger partial charge in [0.15, 0.2) is 0 Å². The summed E-state index contributed by atoms with van der Waals surface area (Å²) in [4.78, 5) is 28.5. The zero-order valence-electron chi connectivity index (χ0n) is 14.2. The summed E-state index contributed by atoms with van der Waals surface area (Å²) in [6.07, 6.45) is 5.19. The third-order valence-corrected chi connectivity index (χ3v) is 6.09. The number of carbonyl (C=O) groups is 2. The van der Waals surface area contributed by atoms with Gasteiger partial charge in [0.1, 0.15) is 0 Å². The number of nitrogens with two attached hydrogens (primary N) is 1. The highest BCUT2D eigenvalue weighted by Crippen LogP contribution is 2.49. The van der Waals surface area contributed by atoms with Crippen LogP contribution in [0.3, 0.4) is 0 Å². The van der Waals surface area contributed by atoms with Crippen LogP contribution in [0.1, 0.15) is 32.6 Å². The van der Waals surface area contributed by atoms with Crippen molar-refractivity contribution in [1.29, 1.82) is 0 Å². The Morgan fingerprint density at radius 2 is 1.91 bits per heavy atom. The Kier molecular flexibility index (Phi) is 5.21. The lowest BCUT2D eigenvalue weighted by Crippen LogP contribution is -2.54. The summed E-state index contributed by atoms with van der Waals surface area (Å²) >= 11 is 0. The lowest BCUT2D eigenvalue weighted by Gasteiger charge is -2.34. The summed E-state index contributed by atoms with van der Waals surface area (Å²) in [7, 11) is 0. The second-order valence-electron chi connectivity index (χ2n) is 7.52. The lowest BCUT2D eigenvalue weighted by molar-refractivity contribution is -0.147. The smallest absolute Gasteiger partial charge is 0.311 e. The summed E-state index contributed by atoms with van der Waals surface area (Å²) in [5.74, 6) is 1.38. The van der Waals surface area contributed by atoms with Crippen LogP contribution in [0.15, 0.2) is 0 Å². The highest BCUT2D eigenvalue weighted by molar-refractivity contribution is 6.35. The van der Waals surface area contributed by atoms with Crippen LogP contribution in [0, 0.1) is 17.8 Å². The van der Waals surface area contributed by atoms with Crippen LogP contribution in [-0.2, 0) is 9.59 Å². The number of piperazine rings is 1. The number of nitrogens with one attached hydrogen (secondary N) is 1. The average molecular weight is 322 g/mol. The quantitative estimate of drug-likeness (QED) is 0.716. The Morgan fingerprint density at radius 1 is 1.17 bits per heavy atom. The van der Waals surface area contributed by atoms with Crippen LogP contribution in [0.4, 0.5) is 0 Å². The Hall–Kier alpha value is -1.14. The fraction of sp³-hybridized carbons (Fsp3) is 0.882. The highest BCUT2D eigenvalue weighted by atomic mass is 16.2. The van der Waals surface area contributed by atoms with Gasteiger partial charge in [-0.1, -0.05) is 6.42 Å². The Balaban J connectivity index is 1.45. The maximum absolute atomic E-state index is 12.3. The number of carbonyl (C=O) groups excluding carboxylic acids is 2. The van der Waals surface area contributed by atoms with Crippen LogP contribution < -0.4 is 11.1 Å². The van der Waals surface area contributed by atoms with Crippen molar-refractivity contribution in [3.8, 4) is 0 Å². The van der Waals surface area contributed by atoms with E-state index in [2.05, 4.69) is 17.1 Å². The molecule has 1 saturated heterocycles. The molecule has 2 amide bonds. The number of hydrogen-bond acceptors (Lipinski definition) is 4. The predicted molar refractivity (Wildman–Crippen MR) is 88.6 cm³/mol. The van der Waals surface area contributed by atoms with Gasteiger partial charge in [-0.25, -0.2) is 0 Å². The molecule has 2 bridgehead atoms. The first-order chi connectivity index (χ1) is 11.1. The van der Waals surface area contributed by atoms with Gasteiger partial charge in [-0.2, -0.15) is 0 Å². The van der Waals surface area contributed by atoms with Crippen molar-refractivity contribution in [3.05, 3.63) is 0 Å².